The van der Waals surface area contributed by atoms with Crippen LogP contribution in [0.2, 0.25) is 0 Å². The van der Waals surface area contributed by atoms with E-state index >= 15 is 0 Å². The molecule has 0 radical (unpaired) electrons. The van der Waals surface area contributed by atoms with Crippen molar-refractivity contribution in [2.45, 2.75) is 26.7 Å². The number of carbonyl (C=O) groups excluding carboxylic acids is 1. The molecule has 0 fully saturated rings. The number of nitrogens with one attached hydrogen (secondary N) is 1. The summed E-state index contributed by atoms with van der Waals surface area (Å²) < 4.78 is 1.47. The topological polar surface area (TPSA) is 109 Å². The fourth-order valence-electron chi connectivity index (χ4n) is 2.09. The molecule has 0 aliphatic carbocycles. The second kappa shape index (κ2) is 6.29. The maximum atomic E-state index is 12.2. The van der Waals surface area contributed by atoms with Crippen LogP contribution in [0.1, 0.15) is 35.8 Å². The minimum atomic E-state index is -0.904. The van der Waals surface area contributed by atoms with Crippen molar-refractivity contribution in [1.82, 2.24) is 24.9 Å². The van der Waals surface area contributed by atoms with Crippen LogP contribution < -0.4 is 5.32 Å². The number of carboxylic acids is 1. The smallest absolute Gasteiger partial charge is 0.308 e. The van der Waals surface area contributed by atoms with Gasteiger partial charge in [-0.15, -0.1) is 0 Å². The van der Waals surface area contributed by atoms with E-state index in [2.05, 4.69) is 20.4 Å². The van der Waals surface area contributed by atoms with Crippen LogP contribution in [0.4, 0.5) is 0 Å². The number of rotatable bonds is 6. The van der Waals surface area contributed by atoms with Crippen molar-refractivity contribution in [1.29, 1.82) is 0 Å². The summed E-state index contributed by atoms with van der Waals surface area (Å²) in [5.74, 6) is -1.43. The monoisotopic (exact) mass is 291 g/mol. The van der Waals surface area contributed by atoms with Gasteiger partial charge >= 0.3 is 5.97 Å². The van der Waals surface area contributed by atoms with E-state index in [9.17, 15) is 9.59 Å². The third-order valence-electron chi connectivity index (χ3n) is 3.29. The van der Waals surface area contributed by atoms with Crippen molar-refractivity contribution in [3.05, 3.63) is 23.8 Å². The molecule has 0 spiro atoms. The van der Waals surface area contributed by atoms with Crippen LogP contribution in [-0.4, -0.2) is 43.1 Å². The number of fused-ring (bicyclic) bond motifs is 1. The van der Waals surface area contributed by atoms with Crippen molar-refractivity contribution < 1.29 is 14.7 Å². The van der Waals surface area contributed by atoms with E-state index in [-0.39, 0.29) is 12.5 Å². The van der Waals surface area contributed by atoms with Gasteiger partial charge in [0.1, 0.15) is 6.33 Å². The molecule has 0 saturated carbocycles. The van der Waals surface area contributed by atoms with Crippen LogP contribution in [0.3, 0.4) is 0 Å². The summed E-state index contributed by atoms with van der Waals surface area (Å²) in [7, 11) is 0. The van der Waals surface area contributed by atoms with Crippen LogP contribution in [-0.2, 0) is 4.79 Å². The van der Waals surface area contributed by atoms with E-state index in [1.165, 1.54) is 17.0 Å². The molecule has 21 heavy (non-hydrogen) atoms. The fourth-order valence-corrected chi connectivity index (χ4v) is 2.09. The zero-order chi connectivity index (χ0) is 15.4. The summed E-state index contributed by atoms with van der Waals surface area (Å²) in [5.41, 5.74) is 0.964. The molecule has 2 heterocycles. The van der Waals surface area contributed by atoms with Crippen molar-refractivity contribution >= 4 is 17.7 Å². The molecule has 0 aromatic carbocycles. The highest BCUT2D eigenvalue weighted by atomic mass is 16.4. The molecule has 8 nitrogen and oxygen atoms in total. The highest BCUT2D eigenvalue weighted by Crippen LogP contribution is 2.09. The Morgan fingerprint density at radius 2 is 2.19 bits per heavy atom. The molecule has 112 valence electrons. The molecule has 2 N–H and O–H groups in total. The zero-order valence-electron chi connectivity index (χ0n) is 11.9. The lowest BCUT2D eigenvalue weighted by atomic mass is 10.0. The highest BCUT2D eigenvalue weighted by Gasteiger charge is 2.19. The number of carboxylic acid groups (broad SMARTS) is 1. The van der Waals surface area contributed by atoms with Gasteiger partial charge in [-0.05, 0) is 13.3 Å². The maximum Gasteiger partial charge on any atom is 0.308 e. The van der Waals surface area contributed by atoms with Gasteiger partial charge in [0, 0.05) is 12.7 Å². The van der Waals surface area contributed by atoms with Crippen molar-refractivity contribution in [3.63, 3.8) is 0 Å². The fraction of sp³-hybridized carbons (Fsp3) is 0.462. The normalized spacial score (nSPS) is 12.3. The Morgan fingerprint density at radius 1 is 1.43 bits per heavy atom. The predicted molar refractivity (Wildman–Crippen MR) is 73.9 cm³/mol. The van der Waals surface area contributed by atoms with Gasteiger partial charge in [0.15, 0.2) is 0 Å². The molecule has 1 amide bonds. The van der Waals surface area contributed by atoms with Gasteiger partial charge in [-0.2, -0.15) is 10.1 Å². The number of aromatic nitrogens is 4. The first-order valence-electron chi connectivity index (χ1n) is 6.71. The molecule has 0 bridgehead atoms. The van der Waals surface area contributed by atoms with Crippen LogP contribution in [0, 0.1) is 12.8 Å². The van der Waals surface area contributed by atoms with E-state index in [0.717, 1.165) is 6.42 Å². The molecular weight excluding hydrogens is 274 g/mol. The Labute approximate surface area is 121 Å². The first kappa shape index (κ1) is 14.9. The molecule has 1 atom stereocenters. The van der Waals surface area contributed by atoms with Crippen molar-refractivity contribution in [2.24, 2.45) is 5.92 Å². The summed E-state index contributed by atoms with van der Waals surface area (Å²) in [4.78, 5) is 31.2. The Hall–Kier alpha value is -2.51. The number of aliphatic carboxylic acids is 1. The number of nitrogens with zero attached hydrogens (tertiary/aromatic N) is 4. The molecule has 0 aliphatic heterocycles. The second-order valence-electron chi connectivity index (χ2n) is 4.76. The summed E-state index contributed by atoms with van der Waals surface area (Å²) in [5, 5.41) is 15.7. The number of hydrogen-bond acceptors (Lipinski definition) is 5. The van der Waals surface area contributed by atoms with Crippen LogP contribution in [0.25, 0.3) is 5.78 Å². The number of hydrogen-bond donors (Lipinski definition) is 2. The van der Waals surface area contributed by atoms with E-state index in [1.807, 2.05) is 6.92 Å². The number of carbonyl (C=O) groups is 2. The lowest BCUT2D eigenvalue weighted by Gasteiger charge is -2.13. The van der Waals surface area contributed by atoms with E-state index < -0.39 is 11.9 Å². The third kappa shape index (κ3) is 3.15. The Morgan fingerprint density at radius 3 is 2.86 bits per heavy atom. The molecule has 2 aromatic rings. The van der Waals surface area contributed by atoms with Gasteiger partial charge in [0.05, 0.1) is 17.2 Å². The maximum absolute atomic E-state index is 12.2. The highest BCUT2D eigenvalue weighted by molar-refractivity contribution is 5.95. The Balaban J connectivity index is 2.11. The molecule has 2 aromatic heterocycles. The standard InChI is InChI=1S/C13H17N5O3/c1-3-4-9(12(20)21)5-14-11(19)10-6-15-13-16-7-17-18(13)8(10)2/h6-7,9H,3-5H2,1-2H3,(H,14,19)(H,20,21). The summed E-state index contributed by atoms with van der Waals surface area (Å²) >= 11 is 0. The first-order chi connectivity index (χ1) is 10.0. The lowest BCUT2D eigenvalue weighted by Crippen LogP contribution is -2.33. The number of amides is 1. The van der Waals surface area contributed by atoms with Gasteiger partial charge < -0.3 is 10.4 Å². The van der Waals surface area contributed by atoms with Gasteiger partial charge in [0.2, 0.25) is 0 Å². The molecule has 0 saturated heterocycles. The van der Waals surface area contributed by atoms with Crippen LogP contribution in [0.15, 0.2) is 12.5 Å². The average Bonchev–Trinajstić information content (AvgIpc) is 2.92. The second-order valence-corrected chi connectivity index (χ2v) is 4.76. The molecule has 8 heteroatoms. The molecule has 0 aliphatic rings. The van der Waals surface area contributed by atoms with Crippen molar-refractivity contribution in [3.8, 4) is 0 Å². The lowest BCUT2D eigenvalue weighted by molar-refractivity contribution is -0.141. The largest absolute Gasteiger partial charge is 0.481 e. The van der Waals surface area contributed by atoms with E-state index in [1.54, 1.807) is 6.92 Å². The van der Waals surface area contributed by atoms with E-state index in [4.69, 9.17) is 5.11 Å². The molecule has 2 rings (SSSR count). The predicted octanol–water partition coefficient (Wildman–Crippen LogP) is 0.663. The Kier molecular flexibility index (Phi) is 4.46. The zero-order valence-corrected chi connectivity index (χ0v) is 11.9. The first-order valence-corrected chi connectivity index (χ1v) is 6.71. The van der Waals surface area contributed by atoms with Gasteiger partial charge in [0.25, 0.3) is 11.7 Å². The minimum absolute atomic E-state index is 0.0941. The van der Waals surface area contributed by atoms with Gasteiger partial charge in [-0.25, -0.2) is 9.50 Å². The van der Waals surface area contributed by atoms with Crippen LogP contribution >= 0.6 is 0 Å². The number of aryl methyl sites for hydroxylation is 1. The summed E-state index contributed by atoms with van der Waals surface area (Å²) in [6.45, 7) is 3.74. The van der Waals surface area contributed by atoms with Gasteiger partial charge in [-0.3, -0.25) is 9.59 Å². The Bertz CT molecular complexity index is 667. The third-order valence-corrected chi connectivity index (χ3v) is 3.29. The quantitative estimate of drug-likeness (QED) is 0.809. The molecule has 1 unspecified atom stereocenters. The summed E-state index contributed by atoms with van der Waals surface area (Å²) in [6.07, 6.45) is 4.05. The summed E-state index contributed by atoms with van der Waals surface area (Å²) in [6, 6.07) is 0. The molecular formula is C13H17N5O3. The van der Waals surface area contributed by atoms with E-state index in [0.29, 0.717) is 23.5 Å². The average molecular weight is 291 g/mol. The van der Waals surface area contributed by atoms with Crippen LogP contribution in [0.5, 0.6) is 0 Å². The van der Waals surface area contributed by atoms with Gasteiger partial charge in [-0.1, -0.05) is 13.3 Å². The SMILES string of the molecule is CCCC(CNC(=O)c1cnc2ncnn2c1C)C(=O)O. The minimum Gasteiger partial charge on any atom is -0.481 e. The van der Waals surface area contributed by atoms with Crippen molar-refractivity contribution in [2.75, 3.05) is 6.54 Å².